The Kier molecular flexibility index (Phi) is 5.56. The van der Waals surface area contributed by atoms with Gasteiger partial charge in [0, 0.05) is 5.88 Å². The van der Waals surface area contributed by atoms with E-state index in [0.717, 1.165) is 12.4 Å². The van der Waals surface area contributed by atoms with Crippen molar-refractivity contribution in [2.24, 2.45) is 5.92 Å². The number of hydrogen-bond acceptors (Lipinski definition) is 1. The zero-order valence-electron chi connectivity index (χ0n) is 5.58. The summed E-state index contributed by atoms with van der Waals surface area (Å²) in [5.74, 6) is 1.44. The Hall–Kier alpha value is 0.250. The van der Waals surface area contributed by atoms with Gasteiger partial charge in [0.15, 0.2) is 0 Å². The molecular weight excluding hydrogens is 122 g/mol. The van der Waals surface area contributed by atoms with Gasteiger partial charge in [-0.3, -0.25) is 0 Å². The molecule has 0 heterocycles. The van der Waals surface area contributed by atoms with E-state index in [1.165, 1.54) is 6.42 Å². The largest absolute Gasteiger partial charge is 0.320 e. The van der Waals surface area contributed by atoms with Gasteiger partial charge >= 0.3 is 0 Å². The zero-order chi connectivity index (χ0) is 6.41. The van der Waals surface area contributed by atoms with Crippen molar-refractivity contribution < 1.29 is 0 Å². The second-order valence-corrected chi connectivity index (χ2v) is 2.46. The third-order valence-corrected chi connectivity index (χ3v) is 1.68. The van der Waals surface area contributed by atoms with Crippen LogP contribution in [0.4, 0.5) is 0 Å². The molecule has 0 aromatic rings. The summed E-state index contributed by atoms with van der Waals surface area (Å²) in [5.41, 5.74) is 0. The van der Waals surface area contributed by atoms with Gasteiger partial charge in [0.2, 0.25) is 0 Å². The number of halogens is 1. The normalized spacial score (nSPS) is 13.9. The van der Waals surface area contributed by atoms with Crippen LogP contribution in [0, 0.1) is 5.92 Å². The summed E-state index contributed by atoms with van der Waals surface area (Å²) in [7, 11) is 1.96. The molecule has 8 heavy (non-hydrogen) atoms. The molecule has 0 aliphatic carbocycles. The third kappa shape index (κ3) is 4.41. The van der Waals surface area contributed by atoms with Crippen molar-refractivity contribution in [2.45, 2.75) is 13.3 Å². The second-order valence-electron chi connectivity index (χ2n) is 2.15. The minimum absolute atomic E-state index is 0.657. The first kappa shape index (κ1) is 8.25. The van der Waals surface area contributed by atoms with Gasteiger partial charge in [0.05, 0.1) is 0 Å². The predicted octanol–water partition coefficient (Wildman–Crippen LogP) is 1.47. The highest BCUT2D eigenvalue weighted by atomic mass is 35.5. The Morgan fingerprint density at radius 3 is 2.62 bits per heavy atom. The highest BCUT2D eigenvalue weighted by molar-refractivity contribution is 6.18. The summed E-state index contributed by atoms with van der Waals surface area (Å²) in [5, 5.41) is 3.07. The fraction of sp³-hybridized carbons (Fsp3) is 1.00. The maximum absolute atomic E-state index is 5.56. The van der Waals surface area contributed by atoms with E-state index in [1.807, 2.05) is 7.05 Å². The van der Waals surface area contributed by atoms with Crippen molar-refractivity contribution in [3.05, 3.63) is 0 Å². The highest BCUT2D eigenvalue weighted by Gasteiger charge is 1.95. The molecule has 0 saturated carbocycles. The van der Waals surface area contributed by atoms with Crippen molar-refractivity contribution in [3.63, 3.8) is 0 Å². The fourth-order valence-corrected chi connectivity index (χ4v) is 0.622. The van der Waals surface area contributed by atoms with Gasteiger partial charge in [-0.15, -0.1) is 11.6 Å². The third-order valence-electron chi connectivity index (χ3n) is 1.15. The van der Waals surface area contributed by atoms with Gasteiger partial charge in [-0.25, -0.2) is 0 Å². The Labute approximate surface area is 56.4 Å². The molecular formula is C6H14ClN. The minimum atomic E-state index is 0.657. The van der Waals surface area contributed by atoms with E-state index >= 15 is 0 Å². The molecule has 0 saturated heterocycles. The van der Waals surface area contributed by atoms with Crippen LogP contribution in [0.25, 0.3) is 0 Å². The smallest absolute Gasteiger partial charge is 0.0249 e. The first-order valence-corrected chi connectivity index (χ1v) is 3.55. The first-order chi connectivity index (χ1) is 3.81. The van der Waals surface area contributed by atoms with Crippen LogP contribution in [-0.4, -0.2) is 19.5 Å². The monoisotopic (exact) mass is 135 g/mol. The maximum atomic E-state index is 5.56. The van der Waals surface area contributed by atoms with Crippen LogP contribution >= 0.6 is 11.6 Å². The lowest BCUT2D eigenvalue weighted by molar-refractivity contribution is 0.567. The average molecular weight is 136 g/mol. The van der Waals surface area contributed by atoms with Crippen LogP contribution in [0.5, 0.6) is 0 Å². The topological polar surface area (TPSA) is 12.0 Å². The van der Waals surface area contributed by atoms with Crippen molar-refractivity contribution in [1.82, 2.24) is 5.32 Å². The van der Waals surface area contributed by atoms with Gasteiger partial charge in [0.25, 0.3) is 0 Å². The van der Waals surface area contributed by atoms with E-state index in [0.29, 0.717) is 5.92 Å². The highest BCUT2D eigenvalue weighted by Crippen LogP contribution is 2.01. The lowest BCUT2D eigenvalue weighted by Crippen LogP contribution is -2.11. The molecule has 0 aliphatic heterocycles. The molecule has 0 amide bonds. The number of rotatable bonds is 4. The van der Waals surface area contributed by atoms with E-state index in [-0.39, 0.29) is 0 Å². The summed E-state index contributed by atoms with van der Waals surface area (Å²) in [6.45, 7) is 3.23. The molecule has 0 bridgehead atoms. The minimum Gasteiger partial charge on any atom is -0.320 e. The lowest BCUT2D eigenvalue weighted by Gasteiger charge is -2.04. The standard InChI is InChI=1S/C6H14ClN/c1-6(5-7)3-4-8-2/h6,8H,3-5H2,1-2H3. The lowest BCUT2D eigenvalue weighted by atomic mass is 10.1. The quantitative estimate of drug-likeness (QED) is 0.576. The Morgan fingerprint density at radius 2 is 2.25 bits per heavy atom. The summed E-state index contributed by atoms with van der Waals surface area (Å²) in [4.78, 5) is 0. The number of hydrogen-bond donors (Lipinski definition) is 1. The Balaban J connectivity index is 2.86. The zero-order valence-corrected chi connectivity index (χ0v) is 6.33. The molecule has 0 aromatic carbocycles. The van der Waals surface area contributed by atoms with E-state index < -0.39 is 0 Å². The molecule has 0 radical (unpaired) electrons. The van der Waals surface area contributed by atoms with Gasteiger partial charge in [-0.05, 0) is 25.9 Å². The molecule has 1 unspecified atom stereocenters. The Bertz CT molecular complexity index is 47.8. The molecule has 1 atom stereocenters. The summed E-state index contributed by atoms with van der Waals surface area (Å²) in [6, 6.07) is 0. The van der Waals surface area contributed by atoms with Crippen LogP contribution in [0.3, 0.4) is 0 Å². The first-order valence-electron chi connectivity index (χ1n) is 3.01. The van der Waals surface area contributed by atoms with Crippen LogP contribution in [0.15, 0.2) is 0 Å². The molecule has 0 aromatic heterocycles. The van der Waals surface area contributed by atoms with Gasteiger partial charge in [-0.1, -0.05) is 6.92 Å². The number of nitrogens with one attached hydrogen (secondary N) is 1. The van der Waals surface area contributed by atoms with Crippen LogP contribution in [0.2, 0.25) is 0 Å². The van der Waals surface area contributed by atoms with Crippen molar-refractivity contribution in [2.75, 3.05) is 19.5 Å². The molecule has 0 aliphatic rings. The molecule has 2 heteroatoms. The van der Waals surface area contributed by atoms with Crippen molar-refractivity contribution >= 4 is 11.6 Å². The molecule has 50 valence electrons. The van der Waals surface area contributed by atoms with Crippen molar-refractivity contribution in [1.29, 1.82) is 0 Å². The van der Waals surface area contributed by atoms with Crippen LogP contribution in [-0.2, 0) is 0 Å². The fourth-order valence-electron chi connectivity index (χ4n) is 0.468. The maximum Gasteiger partial charge on any atom is 0.0249 e. The predicted molar refractivity (Wildman–Crippen MR) is 38.4 cm³/mol. The SMILES string of the molecule is CNCCC(C)CCl. The van der Waals surface area contributed by atoms with Gasteiger partial charge in [0.1, 0.15) is 0 Å². The van der Waals surface area contributed by atoms with Gasteiger partial charge in [-0.2, -0.15) is 0 Å². The summed E-state index contributed by atoms with van der Waals surface area (Å²) < 4.78 is 0. The van der Waals surface area contributed by atoms with E-state index in [1.54, 1.807) is 0 Å². The average Bonchev–Trinajstić information content (AvgIpc) is 1.83. The number of alkyl halides is 1. The molecule has 1 nitrogen and oxygen atoms in total. The Morgan fingerprint density at radius 1 is 1.62 bits per heavy atom. The molecule has 0 spiro atoms. The van der Waals surface area contributed by atoms with E-state index in [4.69, 9.17) is 11.6 Å². The second kappa shape index (κ2) is 5.39. The van der Waals surface area contributed by atoms with Gasteiger partial charge < -0.3 is 5.32 Å². The van der Waals surface area contributed by atoms with Crippen molar-refractivity contribution in [3.8, 4) is 0 Å². The summed E-state index contributed by atoms with van der Waals surface area (Å²) in [6.07, 6.45) is 1.18. The van der Waals surface area contributed by atoms with Crippen LogP contribution in [0.1, 0.15) is 13.3 Å². The van der Waals surface area contributed by atoms with E-state index in [9.17, 15) is 0 Å². The van der Waals surface area contributed by atoms with E-state index in [2.05, 4.69) is 12.2 Å². The summed E-state index contributed by atoms with van der Waals surface area (Å²) >= 11 is 5.56. The molecule has 0 rings (SSSR count). The molecule has 1 N–H and O–H groups in total. The molecule has 0 fully saturated rings. The van der Waals surface area contributed by atoms with Crippen LogP contribution < -0.4 is 5.32 Å².